The molecule has 0 bridgehead atoms. The summed E-state index contributed by atoms with van der Waals surface area (Å²) in [6, 6.07) is 4.75. The molecule has 2 heterocycles. The highest BCUT2D eigenvalue weighted by atomic mass is 19.1. The van der Waals surface area contributed by atoms with Crippen LogP contribution >= 0.6 is 0 Å². The lowest BCUT2D eigenvalue weighted by Crippen LogP contribution is -2.47. The molecular formula is C17H17FN4O3. The minimum absolute atomic E-state index is 0.291. The molecule has 0 radical (unpaired) electrons. The Kier molecular flexibility index (Phi) is 4.62. The molecule has 0 unspecified atom stereocenters. The molecule has 130 valence electrons. The molecule has 3 rings (SSSR count). The van der Waals surface area contributed by atoms with Crippen LogP contribution in [0.4, 0.5) is 10.1 Å². The van der Waals surface area contributed by atoms with Gasteiger partial charge < -0.3 is 15.3 Å². The zero-order chi connectivity index (χ0) is 18.0. The summed E-state index contributed by atoms with van der Waals surface area (Å²) in [5.41, 5.74) is 1.03. The lowest BCUT2D eigenvalue weighted by atomic mass is 10.1. The standard InChI is InChI=1S/C17H17FN4O3/c1-2-15(24)21-8-7-14(23)16(21)17(25)20-12-9-19-22(10-12)13-5-3-11(18)4-6-13/h2-6,9-10,14,16,23H,1,7-8H2,(H,20,25)/t14-,16+/m1/s1. The number of nitrogens with zero attached hydrogens (tertiary/aromatic N) is 3. The smallest absolute Gasteiger partial charge is 0.249 e. The van der Waals surface area contributed by atoms with Crippen LogP contribution in [-0.2, 0) is 9.59 Å². The quantitative estimate of drug-likeness (QED) is 0.813. The number of amides is 2. The van der Waals surface area contributed by atoms with Crippen molar-refractivity contribution in [1.82, 2.24) is 14.7 Å². The van der Waals surface area contributed by atoms with Crippen LogP contribution in [0.3, 0.4) is 0 Å². The lowest BCUT2D eigenvalue weighted by Gasteiger charge is -2.23. The van der Waals surface area contributed by atoms with E-state index < -0.39 is 24.0 Å². The summed E-state index contributed by atoms with van der Waals surface area (Å²) in [6.45, 7) is 3.70. The highest BCUT2D eigenvalue weighted by Gasteiger charge is 2.40. The monoisotopic (exact) mass is 344 g/mol. The second-order valence-electron chi connectivity index (χ2n) is 5.68. The molecular weight excluding hydrogens is 327 g/mol. The van der Waals surface area contributed by atoms with Crippen LogP contribution in [-0.4, -0.2) is 50.3 Å². The molecule has 0 aliphatic carbocycles. The molecule has 0 saturated carbocycles. The van der Waals surface area contributed by atoms with Crippen molar-refractivity contribution in [3.8, 4) is 5.69 Å². The van der Waals surface area contributed by atoms with E-state index in [9.17, 15) is 19.1 Å². The Bertz CT molecular complexity index is 802. The van der Waals surface area contributed by atoms with Crippen molar-refractivity contribution >= 4 is 17.5 Å². The van der Waals surface area contributed by atoms with Gasteiger partial charge >= 0.3 is 0 Å². The predicted molar refractivity (Wildman–Crippen MR) is 88.5 cm³/mol. The van der Waals surface area contributed by atoms with Crippen LogP contribution in [0, 0.1) is 5.82 Å². The maximum absolute atomic E-state index is 13.0. The SMILES string of the molecule is C=CC(=O)N1CC[C@@H](O)[C@H]1C(=O)Nc1cnn(-c2ccc(F)cc2)c1. The first-order valence-corrected chi connectivity index (χ1v) is 7.72. The summed E-state index contributed by atoms with van der Waals surface area (Å²) < 4.78 is 14.4. The van der Waals surface area contributed by atoms with E-state index in [4.69, 9.17) is 0 Å². The molecule has 8 heteroatoms. The fraction of sp³-hybridized carbons (Fsp3) is 0.235. The first kappa shape index (κ1) is 16.8. The van der Waals surface area contributed by atoms with Gasteiger partial charge in [0.05, 0.1) is 29.9 Å². The van der Waals surface area contributed by atoms with Crippen molar-refractivity contribution in [2.75, 3.05) is 11.9 Å². The summed E-state index contributed by atoms with van der Waals surface area (Å²) in [5, 5.41) is 16.8. The van der Waals surface area contributed by atoms with Crippen LogP contribution in [0.5, 0.6) is 0 Å². The summed E-state index contributed by atoms with van der Waals surface area (Å²) >= 11 is 0. The summed E-state index contributed by atoms with van der Waals surface area (Å²) in [7, 11) is 0. The van der Waals surface area contributed by atoms with Crippen LogP contribution in [0.1, 0.15) is 6.42 Å². The Morgan fingerprint density at radius 3 is 2.76 bits per heavy atom. The number of carbonyl (C=O) groups excluding carboxylic acids is 2. The summed E-state index contributed by atoms with van der Waals surface area (Å²) in [5.74, 6) is -1.26. The van der Waals surface area contributed by atoms with Crippen LogP contribution < -0.4 is 5.32 Å². The van der Waals surface area contributed by atoms with Crippen LogP contribution in [0.2, 0.25) is 0 Å². The number of benzene rings is 1. The number of aromatic nitrogens is 2. The fourth-order valence-corrected chi connectivity index (χ4v) is 2.80. The molecule has 1 aromatic carbocycles. The van der Waals surface area contributed by atoms with Gasteiger partial charge in [0.15, 0.2) is 0 Å². The molecule has 1 aliphatic rings. The molecule has 1 saturated heterocycles. The highest BCUT2D eigenvalue weighted by Crippen LogP contribution is 2.21. The van der Waals surface area contributed by atoms with Gasteiger partial charge in [0.25, 0.3) is 0 Å². The molecule has 7 nitrogen and oxygen atoms in total. The molecule has 1 aromatic heterocycles. The molecule has 2 amide bonds. The van der Waals surface area contributed by atoms with E-state index in [2.05, 4.69) is 17.0 Å². The van der Waals surface area contributed by atoms with Gasteiger partial charge in [0.1, 0.15) is 11.9 Å². The second-order valence-corrected chi connectivity index (χ2v) is 5.68. The maximum atomic E-state index is 13.0. The number of hydrogen-bond donors (Lipinski definition) is 2. The molecule has 0 spiro atoms. The Balaban J connectivity index is 1.73. The first-order chi connectivity index (χ1) is 12.0. The molecule has 25 heavy (non-hydrogen) atoms. The van der Waals surface area contributed by atoms with Gasteiger partial charge in [-0.1, -0.05) is 6.58 Å². The van der Waals surface area contributed by atoms with E-state index in [1.165, 1.54) is 27.9 Å². The van der Waals surface area contributed by atoms with Crippen molar-refractivity contribution in [1.29, 1.82) is 0 Å². The van der Waals surface area contributed by atoms with Gasteiger partial charge in [-0.25, -0.2) is 9.07 Å². The Morgan fingerprint density at radius 1 is 1.36 bits per heavy atom. The first-order valence-electron chi connectivity index (χ1n) is 7.72. The normalized spacial score (nSPS) is 19.7. The van der Waals surface area contributed by atoms with Gasteiger partial charge in [-0.05, 0) is 36.8 Å². The fourth-order valence-electron chi connectivity index (χ4n) is 2.80. The Labute approximate surface area is 143 Å². The number of aliphatic hydroxyl groups excluding tert-OH is 1. The Morgan fingerprint density at radius 2 is 2.08 bits per heavy atom. The number of rotatable bonds is 4. The third kappa shape index (κ3) is 3.43. The number of hydrogen-bond acceptors (Lipinski definition) is 4. The van der Waals surface area contributed by atoms with Crippen LogP contribution in [0.15, 0.2) is 49.3 Å². The number of carbonyl (C=O) groups is 2. The number of likely N-dealkylation sites (tertiary alicyclic amines) is 1. The summed E-state index contributed by atoms with van der Waals surface area (Å²) in [4.78, 5) is 25.6. The van der Waals surface area contributed by atoms with E-state index in [1.807, 2.05) is 0 Å². The van der Waals surface area contributed by atoms with E-state index in [0.29, 0.717) is 24.3 Å². The average Bonchev–Trinajstić information content (AvgIpc) is 3.21. The van der Waals surface area contributed by atoms with Crippen molar-refractivity contribution in [2.45, 2.75) is 18.6 Å². The van der Waals surface area contributed by atoms with Gasteiger partial charge in [-0.2, -0.15) is 5.10 Å². The molecule has 2 N–H and O–H groups in total. The van der Waals surface area contributed by atoms with Crippen molar-refractivity contribution < 1.29 is 19.1 Å². The maximum Gasteiger partial charge on any atom is 0.249 e. The van der Waals surface area contributed by atoms with E-state index in [0.717, 1.165) is 6.08 Å². The molecule has 1 aliphatic heterocycles. The number of nitrogens with one attached hydrogen (secondary N) is 1. The van der Waals surface area contributed by atoms with Gasteiger partial charge in [-0.15, -0.1) is 0 Å². The topological polar surface area (TPSA) is 87.5 Å². The Hall–Kier alpha value is -3.00. The van der Waals surface area contributed by atoms with Crippen molar-refractivity contribution in [2.24, 2.45) is 0 Å². The minimum Gasteiger partial charge on any atom is -0.390 e. The average molecular weight is 344 g/mol. The second kappa shape index (κ2) is 6.86. The van der Waals surface area contributed by atoms with E-state index >= 15 is 0 Å². The lowest BCUT2D eigenvalue weighted by molar-refractivity contribution is -0.134. The largest absolute Gasteiger partial charge is 0.390 e. The van der Waals surface area contributed by atoms with Crippen molar-refractivity contribution in [3.63, 3.8) is 0 Å². The molecule has 2 aromatic rings. The van der Waals surface area contributed by atoms with E-state index in [1.54, 1.807) is 18.3 Å². The van der Waals surface area contributed by atoms with Gasteiger partial charge in [0.2, 0.25) is 11.8 Å². The molecule has 2 atom stereocenters. The van der Waals surface area contributed by atoms with Crippen molar-refractivity contribution in [3.05, 3.63) is 55.1 Å². The highest BCUT2D eigenvalue weighted by molar-refractivity contribution is 5.99. The zero-order valence-electron chi connectivity index (χ0n) is 13.3. The predicted octanol–water partition coefficient (Wildman–Crippen LogP) is 1.10. The van der Waals surface area contributed by atoms with Crippen LogP contribution in [0.25, 0.3) is 5.69 Å². The number of aliphatic hydroxyl groups is 1. The zero-order valence-corrected chi connectivity index (χ0v) is 13.3. The molecule has 1 fully saturated rings. The summed E-state index contributed by atoms with van der Waals surface area (Å²) in [6.07, 6.45) is 3.50. The number of anilines is 1. The third-order valence-corrected chi connectivity index (χ3v) is 4.03. The van der Waals surface area contributed by atoms with Gasteiger partial charge in [-0.3, -0.25) is 9.59 Å². The van der Waals surface area contributed by atoms with E-state index in [-0.39, 0.29) is 5.82 Å². The number of halogens is 1. The third-order valence-electron chi connectivity index (χ3n) is 4.03. The minimum atomic E-state index is -0.973. The van der Waals surface area contributed by atoms with Gasteiger partial charge in [0, 0.05) is 6.54 Å².